The summed E-state index contributed by atoms with van der Waals surface area (Å²) in [4.78, 5) is 12.3. The first-order valence-corrected chi connectivity index (χ1v) is 9.40. The highest BCUT2D eigenvalue weighted by molar-refractivity contribution is 5.92. The van der Waals surface area contributed by atoms with Crippen LogP contribution in [0.5, 0.6) is 17.2 Å². The number of ether oxygens (including phenoxy) is 3. The zero-order chi connectivity index (χ0) is 19.2. The zero-order valence-electron chi connectivity index (χ0n) is 16.2. The molecule has 0 saturated heterocycles. The van der Waals surface area contributed by atoms with E-state index in [1.807, 2.05) is 44.2 Å². The van der Waals surface area contributed by atoms with E-state index in [0.29, 0.717) is 17.2 Å². The van der Waals surface area contributed by atoms with Crippen LogP contribution in [-0.4, -0.2) is 25.7 Å². The second-order valence-electron chi connectivity index (χ2n) is 7.00. The third kappa shape index (κ3) is 5.16. The molecule has 1 aliphatic rings. The Balaban J connectivity index is 1.61. The van der Waals surface area contributed by atoms with Crippen LogP contribution in [-0.2, 0) is 4.79 Å². The summed E-state index contributed by atoms with van der Waals surface area (Å²) in [5.41, 5.74) is 2.84. The molecular weight excluding hydrogens is 342 g/mol. The van der Waals surface area contributed by atoms with Crippen LogP contribution in [0.15, 0.2) is 36.4 Å². The molecule has 1 aliphatic carbocycles. The van der Waals surface area contributed by atoms with Crippen molar-refractivity contribution in [3.63, 3.8) is 0 Å². The first-order chi connectivity index (χ1) is 13.0. The van der Waals surface area contributed by atoms with Crippen LogP contribution in [0.2, 0.25) is 0 Å². The Morgan fingerprint density at radius 1 is 1.04 bits per heavy atom. The van der Waals surface area contributed by atoms with Crippen LogP contribution in [0.3, 0.4) is 0 Å². The van der Waals surface area contributed by atoms with E-state index >= 15 is 0 Å². The quantitative estimate of drug-likeness (QED) is 0.772. The Morgan fingerprint density at radius 3 is 2.48 bits per heavy atom. The lowest BCUT2D eigenvalue weighted by Crippen LogP contribution is -2.20. The van der Waals surface area contributed by atoms with E-state index < -0.39 is 0 Å². The van der Waals surface area contributed by atoms with Crippen LogP contribution >= 0.6 is 0 Å². The van der Waals surface area contributed by atoms with E-state index in [1.165, 1.54) is 12.8 Å². The molecule has 144 valence electrons. The molecule has 1 fully saturated rings. The molecule has 0 unspecified atom stereocenters. The highest BCUT2D eigenvalue weighted by Crippen LogP contribution is 2.34. The lowest BCUT2D eigenvalue weighted by molar-refractivity contribution is -0.118. The number of methoxy groups -OCH3 is 1. The topological polar surface area (TPSA) is 56.8 Å². The van der Waals surface area contributed by atoms with Crippen molar-refractivity contribution in [2.45, 2.75) is 45.6 Å². The van der Waals surface area contributed by atoms with Crippen molar-refractivity contribution in [3.8, 4) is 17.2 Å². The molecule has 5 heteroatoms. The summed E-state index contributed by atoms with van der Waals surface area (Å²) in [5.74, 6) is 1.84. The van der Waals surface area contributed by atoms with Gasteiger partial charge in [0.1, 0.15) is 5.75 Å². The molecule has 0 aromatic heterocycles. The molecule has 1 N–H and O–H groups in total. The maximum atomic E-state index is 12.3. The van der Waals surface area contributed by atoms with Crippen molar-refractivity contribution in [1.29, 1.82) is 0 Å². The SMILES string of the molecule is COc1ccc(NC(=O)COc2ccc(C)cc2C)cc1OC1CCCC1. The van der Waals surface area contributed by atoms with Gasteiger partial charge in [0.2, 0.25) is 0 Å². The van der Waals surface area contributed by atoms with Crippen molar-refractivity contribution in [1.82, 2.24) is 0 Å². The summed E-state index contributed by atoms with van der Waals surface area (Å²) in [7, 11) is 1.62. The van der Waals surface area contributed by atoms with Crippen LogP contribution in [0, 0.1) is 13.8 Å². The number of nitrogens with one attached hydrogen (secondary N) is 1. The summed E-state index contributed by atoms with van der Waals surface area (Å²) < 4.78 is 17.1. The van der Waals surface area contributed by atoms with Gasteiger partial charge in [-0.05, 0) is 63.3 Å². The summed E-state index contributed by atoms with van der Waals surface area (Å²) in [6, 6.07) is 11.3. The monoisotopic (exact) mass is 369 g/mol. The van der Waals surface area contributed by atoms with Crippen LogP contribution < -0.4 is 19.5 Å². The van der Waals surface area contributed by atoms with Gasteiger partial charge >= 0.3 is 0 Å². The van der Waals surface area contributed by atoms with Gasteiger partial charge in [-0.15, -0.1) is 0 Å². The van der Waals surface area contributed by atoms with Gasteiger partial charge in [-0.3, -0.25) is 4.79 Å². The standard InChI is InChI=1S/C22H27NO4/c1-15-8-10-19(16(2)12-15)26-14-22(24)23-17-9-11-20(25-3)21(13-17)27-18-6-4-5-7-18/h8-13,18H,4-7,14H2,1-3H3,(H,23,24). The normalized spacial score (nSPS) is 14.0. The number of hydrogen-bond acceptors (Lipinski definition) is 4. The van der Waals surface area contributed by atoms with E-state index in [1.54, 1.807) is 13.2 Å². The smallest absolute Gasteiger partial charge is 0.262 e. The molecular formula is C22H27NO4. The number of rotatable bonds is 7. The fourth-order valence-electron chi connectivity index (χ4n) is 3.33. The van der Waals surface area contributed by atoms with Crippen molar-refractivity contribution in [3.05, 3.63) is 47.5 Å². The average molecular weight is 369 g/mol. The predicted molar refractivity (Wildman–Crippen MR) is 106 cm³/mol. The van der Waals surface area contributed by atoms with Gasteiger partial charge in [-0.2, -0.15) is 0 Å². The Hall–Kier alpha value is -2.69. The lowest BCUT2D eigenvalue weighted by atomic mass is 10.1. The van der Waals surface area contributed by atoms with E-state index in [0.717, 1.165) is 29.7 Å². The molecule has 2 aromatic rings. The van der Waals surface area contributed by atoms with Gasteiger partial charge in [0.25, 0.3) is 5.91 Å². The Morgan fingerprint density at radius 2 is 1.78 bits per heavy atom. The van der Waals surface area contributed by atoms with Gasteiger partial charge in [-0.1, -0.05) is 17.7 Å². The largest absolute Gasteiger partial charge is 0.493 e. The van der Waals surface area contributed by atoms with Crippen LogP contribution in [0.4, 0.5) is 5.69 Å². The summed E-state index contributed by atoms with van der Waals surface area (Å²) in [5, 5.41) is 2.86. The van der Waals surface area contributed by atoms with E-state index in [-0.39, 0.29) is 18.6 Å². The molecule has 1 amide bonds. The summed E-state index contributed by atoms with van der Waals surface area (Å²) in [6.07, 6.45) is 4.73. The average Bonchev–Trinajstić information content (AvgIpc) is 3.14. The van der Waals surface area contributed by atoms with E-state index in [2.05, 4.69) is 5.32 Å². The summed E-state index contributed by atoms with van der Waals surface area (Å²) in [6.45, 7) is 3.95. The number of aryl methyl sites for hydroxylation is 2. The number of carbonyl (C=O) groups excluding carboxylic acids is 1. The van der Waals surface area contributed by atoms with Gasteiger partial charge in [0, 0.05) is 11.8 Å². The molecule has 0 atom stereocenters. The van der Waals surface area contributed by atoms with E-state index in [9.17, 15) is 4.79 Å². The van der Waals surface area contributed by atoms with E-state index in [4.69, 9.17) is 14.2 Å². The molecule has 0 bridgehead atoms. The molecule has 0 aliphatic heterocycles. The van der Waals surface area contributed by atoms with Crippen LogP contribution in [0.25, 0.3) is 0 Å². The van der Waals surface area contributed by atoms with Gasteiger partial charge in [0.15, 0.2) is 18.1 Å². The Bertz CT molecular complexity index is 797. The number of anilines is 1. The highest BCUT2D eigenvalue weighted by Gasteiger charge is 2.19. The second kappa shape index (κ2) is 8.80. The number of benzene rings is 2. The van der Waals surface area contributed by atoms with Crippen molar-refractivity contribution < 1.29 is 19.0 Å². The minimum Gasteiger partial charge on any atom is -0.493 e. The first-order valence-electron chi connectivity index (χ1n) is 9.40. The molecule has 1 saturated carbocycles. The fraction of sp³-hybridized carbons (Fsp3) is 0.409. The third-order valence-corrected chi connectivity index (χ3v) is 4.73. The fourth-order valence-corrected chi connectivity index (χ4v) is 3.33. The Kier molecular flexibility index (Phi) is 6.22. The predicted octanol–water partition coefficient (Wildman–Crippen LogP) is 4.65. The summed E-state index contributed by atoms with van der Waals surface area (Å²) >= 11 is 0. The molecule has 3 rings (SSSR count). The molecule has 0 spiro atoms. The molecule has 0 heterocycles. The van der Waals surface area contributed by atoms with Gasteiger partial charge < -0.3 is 19.5 Å². The Labute approximate surface area is 160 Å². The molecule has 2 aromatic carbocycles. The highest BCUT2D eigenvalue weighted by atomic mass is 16.5. The van der Waals surface area contributed by atoms with Gasteiger partial charge in [-0.25, -0.2) is 0 Å². The number of amides is 1. The van der Waals surface area contributed by atoms with Crippen molar-refractivity contribution in [2.75, 3.05) is 19.0 Å². The van der Waals surface area contributed by atoms with Crippen molar-refractivity contribution >= 4 is 11.6 Å². The third-order valence-electron chi connectivity index (χ3n) is 4.73. The number of carbonyl (C=O) groups is 1. The maximum absolute atomic E-state index is 12.3. The molecule has 27 heavy (non-hydrogen) atoms. The number of hydrogen-bond donors (Lipinski definition) is 1. The minimum atomic E-state index is -0.216. The zero-order valence-corrected chi connectivity index (χ0v) is 16.2. The van der Waals surface area contributed by atoms with Crippen molar-refractivity contribution in [2.24, 2.45) is 0 Å². The minimum absolute atomic E-state index is 0.0469. The van der Waals surface area contributed by atoms with Crippen LogP contribution in [0.1, 0.15) is 36.8 Å². The maximum Gasteiger partial charge on any atom is 0.262 e. The molecule has 5 nitrogen and oxygen atoms in total. The second-order valence-corrected chi connectivity index (χ2v) is 7.00. The lowest BCUT2D eigenvalue weighted by Gasteiger charge is -2.17. The molecule has 0 radical (unpaired) electrons. The van der Waals surface area contributed by atoms with Gasteiger partial charge in [0.05, 0.1) is 13.2 Å². The first kappa shape index (κ1) is 19.1.